The van der Waals surface area contributed by atoms with Gasteiger partial charge in [0.25, 0.3) is 5.91 Å². The quantitative estimate of drug-likeness (QED) is 0.741. The number of amides is 1. The summed E-state index contributed by atoms with van der Waals surface area (Å²) in [6, 6.07) is 20.0. The van der Waals surface area contributed by atoms with Crippen molar-refractivity contribution in [1.29, 1.82) is 0 Å². The molecule has 0 aliphatic carbocycles. The Balaban J connectivity index is 1.63. The van der Waals surface area contributed by atoms with Crippen molar-refractivity contribution in [3.05, 3.63) is 78.3 Å². The highest BCUT2D eigenvalue weighted by Gasteiger charge is 2.13. The fourth-order valence-corrected chi connectivity index (χ4v) is 2.18. The summed E-state index contributed by atoms with van der Waals surface area (Å²) < 4.78 is 16.3. The van der Waals surface area contributed by atoms with Crippen LogP contribution in [0, 0.1) is 0 Å². The molecule has 0 unspecified atom stereocenters. The van der Waals surface area contributed by atoms with Crippen LogP contribution in [0.15, 0.2) is 71.1 Å². The summed E-state index contributed by atoms with van der Waals surface area (Å²) in [7, 11) is 1.55. The summed E-state index contributed by atoms with van der Waals surface area (Å²) >= 11 is 0. The molecule has 0 saturated carbocycles. The lowest BCUT2D eigenvalue weighted by Crippen LogP contribution is -2.11. The third-order valence-electron chi connectivity index (χ3n) is 3.36. The zero-order valence-electron chi connectivity index (χ0n) is 13.2. The van der Waals surface area contributed by atoms with Gasteiger partial charge in [0, 0.05) is 0 Å². The van der Waals surface area contributed by atoms with Crippen LogP contribution in [-0.4, -0.2) is 13.0 Å². The van der Waals surface area contributed by atoms with Crippen molar-refractivity contribution in [3.8, 4) is 11.5 Å². The van der Waals surface area contributed by atoms with Gasteiger partial charge in [0.05, 0.1) is 12.8 Å². The van der Waals surface area contributed by atoms with Crippen molar-refractivity contribution in [2.75, 3.05) is 12.4 Å². The van der Waals surface area contributed by atoms with E-state index in [0.717, 1.165) is 5.75 Å². The molecular weight excluding hydrogens is 306 g/mol. The summed E-state index contributed by atoms with van der Waals surface area (Å²) in [6.45, 7) is 0.256. The highest BCUT2D eigenvalue weighted by Crippen LogP contribution is 2.24. The zero-order valence-corrected chi connectivity index (χ0v) is 13.2. The number of hydrogen-bond acceptors (Lipinski definition) is 4. The number of carbonyl (C=O) groups is 1. The average molecular weight is 323 g/mol. The van der Waals surface area contributed by atoms with E-state index in [1.165, 1.54) is 0 Å². The van der Waals surface area contributed by atoms with Crippen LogP contribution in [0.4, 0.5) is 5.69 Å². The van der Waals surface area contributed by atoms with Crippen molar-refractivity contribution in [3.63, 3.8) is 0 Å². The van der Waals surface area contributed by atoms with E-state index in [1.54, 1.807) is 31.4 Å². The molecule has 1 aromatic heterocycles. The summed E-state index contributed by atoms with van der Waals surface area (Å²) in [6.07, 6.45) is 0. The average Bonchev–Trinajstić information content (AvgIpc) is 3.10. The molecule has 5 heteroatoms. The molecule has 0 atom stereocenters. The van der Waals surface area contributed by atoms with E-state index < -0.39 is 0 Å². The van der Waals surface area contributed by atoms with Gasteiger partial charge in [-0.3, -0.25) is 4.79 Å². The lowest BCUT2D eigenvalue weighted by molar-refractivity contribution is 0.0992. The molecule has 0 fully saturated rings. The predicted molar refractivity (Wildman–Crippen MR) is 90.4 cm³/mol. The molecule has 3 aromatic rings. The van der Waals surface area contributed by atoms with Crippen LogP contribution < -0.4 is 14.8 Å². The van der Waals surface area contributed by atoms with Gasteiger partial charge < -0.3 is 19.2 Å². The number of ether oxygens (including phenoxy) is 2. The van der Waals surface area contributed by atoms with Gasteiger partial charge in [-0.1, -0.05) is 30.3 Å². The SMILES string of the molecule is COc1ccccc1NC(=O)c1ccc(COc2ccccc2)o1. The van der Waals surface area contributed by atoms with Gasteiger partial charge in [0.1, 0.15) is 23.9 Å². The molecular formula is C19H17NO4. The largest absolute Gasteiger partial charge is 0.495 e. The van der Waals surface area contributed by atoms with E-state index in [9.17, 15) is 4.79 Å². The van der Waals surface area contributed by atoms with Crippen molar-refractivity contribution < 1.29 is 18.7 Å². The number of carbonyl (C=O) groups excluding carboxylic acids is 1. The van der Waals surface area contributed by atoms with Crippen LogP contribution in [0.25, 0.3) is 0 Å². The predicted octanol–water partition coefficient (Wildman–Crippen LogP) is 4.12. The molecule has 1 amide bonds. The van der Waals surface area contributed by atoms with Gasteiger partial charge >= 0.3 is 0 Å². The van der Waals surface area contributed by atoms with Crippen molar-refractivity contribution in [1.82, 2.24) is 0 Å². The Morgan fingerprint density at radius 2 is 1.75 bits per heavy atom. The Labute approximate surface area is 139 Å². The van der Waals surface area contributed by atoms with Gasteiger partial charge in [-0.25, -0.2) is 0 Å². The molecule has 0 spiro atoms. The molecule has 5 nitrogen and oxygen atoms in total. The number of anilines is 1. The highest BCUT2D eigenvalue weighted by molar-refractivity contribution is 6.03. The van der Waals surface area contributed by atoms with Crippen molar-refractivity contribution in [2.24, 2.45) is 0 Å². The van der Waals surface area contributed by atoms with Crippen LogP contribution in [0.1, 0.15) is 16.3 Å². The third kappa shape index (κ3) is 3.76. The Morgan fingerprint density at radius 3 is 2.54 bits per heavy atom. The molecule has 3 rings (SSSR count). The Morgan fingerprint density at radius 1 is 1.00 bits per heavy atom. The van der Waals surface area contributed by atoms with Gasteiger partial charge in [-0.2, -0.15) is 0 Å². The minimum Gasteiger partial charge on any atom is -0.495 e. The summed E-state index contributed by atoms with van der Waals surface area (Å²) in [5.74, 6) is 1.78. The van der Waals surface area contributed by atoms with Gasteiger partial charge in [-0.15, -0.1) is 0 Å². The van der Waals surface area contributed by atoms with E-state index in [0.29, 0.717) is 17.2 Å². The Hall–Kier alpha value is -3.21. The van der Waals surface area contributed by atoms with E-state index in [1.807, 2.05) is 42.5 Å². The van der Waals surface area contributed by atoms with Crippen LogP contribution in [0.2, 0.25) is 0 Å². The molecule has 0 aliphatic rings. The zero-order chi connectivity index (χ0) is 16.8. The minimum atomic E-state index is -0.342. The topological polar surface area (TPSA) is 60.7 Å². The first-order valence-electron chi connectivity index (χ1n) is 7.47. The van der Waals surface area contributed by atoms with E-state index in [2.05, 4.69) is 5.32 Å². The standard InChI is InChI=1S/C19H17NO4/c1-22-17-10-6-5-9-16(17)20-19(21)18-12-11-15(24-18)13-23-14-7-3-2-4-8-14/h2-12H,13H2,1H3,(H,20,21). The number of hydrogen-bond donors (Lipinski definition) is 1. The summed E-state index contributed by atoms with van der Waals surface area (Å²) in [5.41, 5.74) is 0.587. The first kappa shape index (κ1) is 15.7. The van der Waals surface area contributed by atoms with E-state index in [4.69, 9.17) is 13.9 Å². The second kappa shape index (κ2) is 7.37. The normalized spacial score (nSPS) is 10.2. The number of benzene rings is 2. The maximum Gasteiger partial charge on any atom is 0.291 e. The highest BCUT2D eigenvalue weighted by atomic mass is 16.5. The number of methoxy groups -OCH3 is 1. The van der Waals surface area contributed by atoms with Crippen molar-refractivity contribution >= 4 is 11.6 Å². The molecule has 0 radical (unpaired) electrons. The first-order chi connectivity index (χ1) is 11.8. The van der Waals surface area contributed by atoms with Crippen molar-refractivity contribution in [2.45, 2.75) is 6.61 Å². The molecule has 24 heavy (non-hydrogen) atoms. The van der Waals surface area contributed by atoms with Gasteiger partial charge in [0.2, 0.25) is 0 Å². The minimum absolute atomic E-state index is 0.215. The summed E-state index contributed by atoms with van der Waals surface area (Å²) in [4.78, 5) is 12.3. The van der Waals surface area contributed by atoms with E-state index in [-0.39, 0.29) is 18.3 Å². The van der Waals surface area contributed by atoms with Crippen LogP contribution >= 0.6 is 0 Å². The number of para-hydroxylation sites is 3. The molecule has 1 N–H and O–H groups in total. The molecule has 2 aromatic carbocycles. The van der Waals surface area contributed by atoms with Gasteiger partial charge in [0.15, 0.2) is 5.76 Å². The van der Waals surface area contributed by atoms with E-state index >= 15 is 0 Å². The lowest BCUT2D eigenvalue weighted by Gasteiger charge is -2.08. The fourth-order valence-electron chi connectivity index (χ4n) is 2.18. The Bertz CT molecular complexity index is 811. The van der Waals surface area contributed by atoms with Crippen LogP contribution in [0.5, 0.6) is 11.5 Å². The number of nitrogens with one attached hydrogen (secondary N) is 1. The smallest absolute Gasteiger partial charge is 0.291 e. The maximum absolute atomic E-state index is 12.3. The molecule has 0 aliphatic heterocycles. The third-order valence-corrected chi connectivity index (χ3v) is 3.36. The Kier molecular flexibility index (Phi) is 4.81. The maximum atomic E-state index is 12.3. The monoisotopic (exact) mass is 323 g/mol. The second-order valence-corrected chi connectivity index (χ2v) is 5.02. The molecule has 0 bridgehead atoms. The second-order valence-electron chi connectivity index (χ2n) is 5.02. The van der Waals surface area contributed by atoms with Gasteiger partial charge in [-0.05, 0) is 36.4 Å². The van der Waals surface area contributed by atoms with Crippen LogP contribution in [-0.2, 0) is 6.61 Å². The molecule has 122 valence electrons. The number of furan rings is 1. The summed E-state index contributed by atoms with van der Waals surface area (Å²) in [5, 5.41) is 2.77. The van der Waals surface area contributed by atoms with Crippen LogP contribution in [0.3, 0.4) is 0 Å². The molecule has 1 heterocycles. The molecule has 0 saturated heterocycles. The first-order valence-corrected chi connectivity index (χ1v) is 7.47. The lowest BCUT2D eigenvalue weighted by atomic mass is 10.3. The fraction of sp³-hybridized carbons (Fsp3) is 0.105. The number of rotatable bonds is 6.